The van der Waals surface area contributed by atoms with Crippen molar-refractivity contribution >= 4 is 46.5 Å². The van der Waals surface area contributed by atoms with Crippen LogP contribution in [-0.2, 0) is 0 Å². The molecule has 3 aromatic carbocycles. The molecular formula is C28H23N3O4. The summed E-state index contributed by atoms with van der Waals surface area (Å²) < 4.78 is 5.11. The average Bonchev–Trinajstić information content (AvgIpc) is 2.87. The fraction of sp³-hybridized carbons (Fsp3) is 0.0714. The normalized spacial score (nSPS) is 10.8. The van der Waals surface area contributed by atoms with Gasteiger partial charge in [0.05, 0.1) is 23.9 Å². The van der Waals surface area contributed by atoms with Gasteiger partial charge in [0, 0.05) is 16.6 Å². The fourth-order valence-electron chi connectivity index (χ4n) is 3.49. The van der Waals surface area contributed by atoms with Gasteiger partial charge in [0.25, 0.3) is 5.91 Å². The first-order valence-electron chi connectivity index (χ1n) is 10.9. The van der Waals surface area contributed by atoms with Crippen LogP contribution in [0.4, 0.5) is 10.5 Å². The Morgan fingerprint density at radius 2 is 1.63 bits per heavy atom. The molecule has 0 aliphatic rings. The zero-order valence-corrected chi connectivity index (χ0v) is 19.2. The van der Waals surface area contributed by atoms with Crippen LogP contribution in [0, 0.1) is 0 Å². The molecule has 0 saturated heterocycles. The van der Waals surface area contributed by atoms with Gasteiger partial charge in [0.2, 0.25) is 0 Å². The molecule has 3 amide bonds. The van der Waals surface area contributed by atoms with Gasteiger partial charge in [-0.25, -0.2) is 9.78 Å². The van der Waals surface area contributed by atoms with E-state index in [4.69, 9.17) is 4.74 Å². The molecule has 0 aliphatic carbocycles. The summed E-state index contributed by atoms with van der Waals surface area (Å²) in [6.45, 7) is 1.45. The number of carbonyl (C=O) groups excluding carboxylic acids is 3. The zero-order chi connectivity index (χ0) is 24.8. The molecule has 7 nitrogen and oxygen atoms in total. The van der Waals surface area contributed by atoms with E-state index in [9.17, 15) is 14.4 Å². The number of nitrogens with zero attached hydrogens (tertiary/aromatic N) is 1. The number of Topliss-reactive ketones (excluding diaryl/α,β-unsaturated/α-hetero) is 1. The second-order valence-electron chi connectivity index (χ2n) is 7.76. The molecule has 4 rings (SSSR count). The topological polar surface area (TPSA) is 97.4 Å². The molecule has 0 fully saturated rings. The molecule has 4 aromatic rings. The smallest absolute Gasteiger partial charge is 0.326 e. The molecule has 0 aliphatic heterocycles. The van der Waals surface area contributed by atoms with Gasteiger partial charge in [0.15, 0.2) is 5.78 Å². The number of ketones is 1. The van der Waals surface area contributed by atoms with Crippen molar-refractivity contribution in [2.75, 3.05) is 12.4 Å². The van der Waals surface area contributed by atoms with Gasteiger partial charge in [-0.2, -0.15) is 0 Å². The Kier molecular flexibility index (Phi) is 6.97. The minimum absolute atomic E-state index is 0.136. The van der Waals surface area contributed by atoms with E-state index in [2.05, 4.69) is 15.6 Å². The van der Waals surface area contributed by atoms with Crippen LogP contribution in [0.5, 0.6) is 5.75 Å². The summed E-state index contributed by atoms with van der Waals surface area (Å²) in [5.74, 6) is -0.102. The number of hydrogen-bond acceptors (Lipinski definition) is 5. The molecule has 0 atom stereocenters. The summed E-state index contributed by atoms with van der Waals surface area (Å²) in [6, 6.07) is 22.3. The molecule has 1 heterocycles. The number of carbonyl (C=O) groups is 3. The number of ether oxygens (including phenoxy) is 1. The summed E-state index contributed by atoms with van der Waals surface area (Å²) in [6.07, 6.45) is 3.68. The van der Waals surface area contributed by atoms with Crippen LogP contribution >= 0.6 is 0 Å². The van der Waals surface area contributed by atoms with E-state index in [0.29, 0.717) is 33.6 Å². The summed E-state index contributed by atoms with van der Waals surface area (Å²) >= 11 is 0. The highest BCUT2D eigenvalue weighted by atomic mass is 16.5. The Hall–Kier alpha value is -4.78. The van der Waals surface area contributed by atoms with Crippen LogP contribution in [0.1, 0.15) is 38.9 Å². The third kappa shape index (κ3) is 5.78. The molecular weight excluding hydrogens is 442 g/mol. The molecule has 0 saturated carbocycles. The quantitative estimate of drug-likeness (QED) is 0.363. The predicted octanol–water partition coefficient (Wildman–Crippen LogP) is 5.58. The second kappa shape index (κ2) is 10.4. The number of nitrogens with one attached hydrogen (secondary N) is 2. The highest BCUT2D eigenvalue weighted by Gasteiger charge is 2.17. The largest absolute Gasteiger partial charge is 0.497 e. The number of urea groups is 1. The first-order valence-corrected chi connectivity index (χ1v) is 10.9. The number of amides is 3. The van der Waals surface area contributed by atoms with Crippen molar-refractivity contribution in [1.29, 1.82) is 0 Å². The van der Waals surface area contributed by atoms with E-state index in [0.717, 1.165) is 5.56 Å². The maximum atomic E-state index is 13.1. The first-order chi connectivity index (χ1) is 16.9. The van der Waals surface area contributed by atoms with Gasteiger partial charge in [-0.1, -0.05) is 36.4 Å². The number of aromatic nitrogens is 1. The summed E-state index contributed by atoms with van der Waals surface area (Å²) in [4.78, 5) is 42.2. The first kappa shape index (κ1) is 23.4. The Bertz CT molecular complexity index is 1430. The molecule has 174 valence electrons. The van der Waals surface area contributed by atoms with Crippen LogP contribution in [-0.4, -0.2) is 29.8 Å². The lowest BCUT2D eigenvalue weighted by Crippen LogP contribution is -2.34. The highest BCUT2D eigenvalue weighted by Crippen LogP contribution is 2.22. The van der Waals surface area contributed by atoms with Crippen molar-refractivity contribution < 1.29 is 19.1 Å². The Balaban J connectivity index is 1.64. The van der Waals surface area contributed by atoms with Crippen molar-refractivity contribution in [3.63, 3.8) is 0 Å². The number of rotatable bonds is 6. The van der Waals surface area contributed by atoms with E-state index in [1.54, 1.807) is 61.7 Å². The lowest BCUT2D eigenvalue weighted by atomic mass is 10.0. The van der Waals surface area contributed by atoms with Crippen LogP contribution in [0.3, 0.4) is 0 Å². The molecule has 7 heteroatoms. The number of imide groups is 1. The number of pyridine rings is 1. The van der Waals surface area contributed by atoms with E-state index in [1.165, 1.54) is 6.92 Å². The van der Waals surface area contributed by atoms with Gasteiger partial charge in [-0.05, 0) is 67.1 Å². The predicted molar refractivity (Wildman–Crippen MR) is 137 cm³/mol. The Labute approximate surface area is 202 Å². The van der Waals surface area contributed by atoms with Crippen molar-refractivity contribution in [2.45, 2.75) is 6.92 Å². The number of fused-ring (bicyclic) bond motifs is 1. The highest BCUT2D eigenvalue weighted by molar-refractivity contribution is 6.14. The van der Waals surface area contributed by atoms with Crippen molar-refractivity contribution in [3.8, 4) is 5.75 Å². The minimum Gasteiger partial charge on any atom is -0.497 e. The maximum Gasteiger partial charge on any atom is 0.326 e. The van der Waals surface area contributed by atoms with E-state index in [1.807, 2.05) is 36.4 Å². The van der Waals surface area contributed by atoms with Gasteiger partial charge < -0.3 is 10.1 Å². The van der Waals surface area contributed by atoms with E-state index < -0.39 is 11.9 Å². The number of hydrogen-bond donors (Lipinski definition) is 2. The van der Waals surface area contributed by atoms with Crippen molar-refractivity contribution in [3.05, 3.63) is 101 Å². The monoisotopic (exact) mass is 465 g/mol. The van der Waals surface area contributed by atoms with Crippen molar-refractivity contribution in [1.82, 2.24) is 10.3 Å². The maximum absolute atomic E-state index is 13.1. The standard InChI is InChI=1S/C28H23N3O4/c1-18(32)20-9-15-26-24(16-20)25(17-22(29-26)10-8-19-6-4-3-5-7-19)27(33)31-28(34)30-21-11-13-23(35-2)14-12-21/h3-17H,1-2H3,(H2,30,31,33,34)/b10-8+. The lowest BCUT2D eigenvalue weighted by Gasteiger charge is -2.11. The summed E-state index contributed by atoms with van der Waals surface area (Å²) in [7, 11) is 1.55. The molecule has 0 spiro atoms. The minimum atomic E-state index is -0.686. The van der Waals surface area contributed by atoms with Gasteiger partial charge in [0.1, 0.15) is 5.75 Å². The molecule has 35 heavy (non-hydrogen) atoms. The van der Waals surface area contributed by atoms with Gasteiger partial charge in [-0.3, -0.25) is 14.9 Å². The lowest BCUT2D eigenvalue weighted by molar-refractivity contribution is 0.0966. The Morgan fingerprint density at radius 1 is 0.886 bits per heavy atom. The van der Waals surface area contributed by atoms with E-state index in [-0.39, 0.29) is 11.3 Å². The van der Waals surface area contributed by atoms with E-state index >= 15 is 0 Å². The molecule has 0 unspecified atom stereocenters. The number of methoxy groups -OCH3 is 1. The van der Waals surface area contributed by atoms with Gasteiger partial charge in [-0.15, -0.1) is 0 Å². The SMILES string of the molecule is COc1ccc(NC(=O)NC(=O)c2cc(/C=C/c3ccccc3)nc3ccc(C(C)=O)cc23)cc1. The second-order valence-corrected chi connectivity index (χ2v) is 7.76. The Morgan fingerprint density at radius 3 is 2.31 bits per heavy atom. The number of benzene rings is 3. The molecule has 0 radical (unpaired) electrons. The third-order valence-electron chi connectivity index (χ3n) is 5.30. The van der Waals surface area contributed by atoms with Crippen LogP contribution in [0.2, 0.25) is 0 Å². The summed E-state index contributed by atoms with van der Waals surface area (Å²) in [5.41, 5.74) is 3.23. The van der Waals surface area contributed by atoms with Crippen LogP contribution in [0.15, 0.2) is 78.9 Å². The fourth-order valence-corrected chi connectivity index (χ4v) is 3.49. The molecule has 2 N–H and O–H groups in total. The average molecular weight is 466 g/mol. The van der Waals surface area contributed by atoms with Gasteiger partial charge >= 0.3 is 6.03 Å². The molecule has 0 bridgehead atoms. The van der Waals surface area contributed by atoms with Crippen LogP contribution < -0.4 is 15.4 Å². The third-order valence-corrected chi connectivity index (χ3v) is 5.30. The zero-order valence-electron chi connectivity index (χ0n) is 19.2. The number of anilines is 1. The van der Waals surface area contributed by atoms with Crippen LogP contribution in [0.25, 0.3) is 23.1 Å². The summed E-state index contributed by atoms with van der Waals surface area (Å²) in [5, 5.41) is 5.46. The van der Waals surface area contributed by atoms with Crippen molar-refractivity contribution in [2.24, 2.45) is 0 Å². The molecule has 1 aromatic heterocycles.